The lowest BCUT2D eigenvalue weighted by molar-refractivity contribution is -0.122. The Hall–Kier alpha value is -2.86. The first-order valence-corrected chi connectivity index (χ1v) is 8.08. The van der Waals surface area contributed by atoms with Gasteiger partial charge in [0.2, 0.25) is 5.91 Å². The quantitative estimate of drug-likeness (QED) is 0.618. The van der Waals surface area contributed by atoms with E-state index in [9.17, 15) is 14.7 Å². The normalized spacial score (nSPS) is 12.9. The van der Waals surface area contributed by atoms with E-state index in [2.05, 4.69) is 10.6 Å². The van der Waals surface area contributed by atoms with Crippen LogP contribution in [0.3, 0.4) is 0 Å². The van der Waals surface area contributed by atoms with Crippen molar-refractivity contribution in [3.63, 3.8) is 0 Å². The van der Waals surface area contributed by atoms with Gasteiger partial charge < -0.3 is 21.5 Å². The smallest absolute Gasteiger partial charge is 0.312 e. The zero-order valence-electron chi connectivity index (χ0n) is 14.1. The first-order chi connectivity index (χ1) is 12.0. The van der Waals surface area contributed by atoms with Crippen molar-refractivity contribution in [1.82, 2.24) is 10.6 Å². The Kier molecular flexibility index (Phi) is 6.54. The highest BCUT2D eigenvalue weighted by Gasteiger charge is 2.21. The van der Waals surface area contributed by atoms with Crippen LogP contribution in [-0.2, 0) is 4.79 Å². The fourth-order valence-electron chi connectivity index (χ4n) is 2.75. The number of aliphatic hydroxyl groups is 1. The van der Waals surface area contributed by atoms with E-state index in [0.717, 1.165) is 16.7 Å². The number of hydrogen-bond donors (Lipinski definition) is 4. The number of urea groups is 1. The summed E-state index contributed by atoms with van der Waals surface area (Å²) in [6, 6.07) is 15.0. The van der Waals surface area contributed by atoms with Gasteiger partial charge in [0.1, 0.15) is 0 Å². The minimum Gasteiger partial charge on any atom is -0.394 e. The largest absolute Gasteiger partial charge is 0.394 e. The van der Waals surface area contributed by atoms with Gasteiger partial charge in [-0.1, -0.05) is 54.6 Å². The molecule has 132 valence electrons. The first kappa shape index (κ1) is 18.5. The van der Waals surface area contributed by atoms with Gasteiger partial charge >= 0.3 is 6.03 Å². The minimum absolute atomic E-state index is 0.0249. The van der Waals surface area contributed by atoms with E-state index < -0.39 is 18.1 Å². The molecule has 3 amide bonds. The molecule has 25 heavy (non-hydrogen) atoms. The molecule has 0 radical (unpaired) electrons. The van der Waals surface area contributed by atoms with Crippen molar-refractivity contribution >= 4 is 11.9 Å². The maximum Gasteiger partial charge on any atom is 0.312 e. The number of carbonyl (C=O) groups excluding carboxylic acids is 2. The van der Waals surface area contributed by atoms with Crippen molar-refractivity contribution < 1.29 is 14.7 Å². The molecule has 6 nitrogen and oxygen atoms in total. The summed E-state index contributed by atoms with van der Waals surface area (Å²) in [4.78, 5) is 23.8. The second-order valence-corrected chi connectivity index (χ2v) is 5.84. The van der Waals surface area contributed by atoms with Crippen LogP contribution in [-0.4, -0.2) is 23.7 Å². The zero-order valence-corrected chi connectivity index (χ0v) is 14.1. The summed E-state index contributed by atoms with van der Waals surface area (Å²) in [7, 11) is 0. The Labute approximate surface area is 147 Å². The number of benzene rings is 2. The second-order valence-electron chi connectivity index (χ2n) is 5.84. The predicted octanol–water partition coefficient (Wildman–Crippen LogP) is 1.94. The summed E-state index contributed by atoms with van der Waals surface area (Å²) >= 11 is 0. The maximum atomic E-state index is 12.4. The molecule has 2 aromatic carbocycles. The monoisotopic (exact) mass is 341 g/mol. The molecular formula is C19H23N3O3. The lowest BCUT2D eigenvalue weighted by atomic mass is 9.98. The fourth-order valence-corrected chi connectivity index (χ4v) is 2.75. The van der Waals surface area contributed by atoms with Gasteiger partial charge in [0.05, 0.1) is 25.1 Å². The van der Waals surface area contributed by atoms with Crippen LogP contribution in [0.15, 0.2) is 54.6 Å². The van der Waals surface area contributed by atoms with Crippen molar-refractivity contribution in [3.05, 3.63) is 71.3 Å². The second kappa shape index (κ2) is 8.84. The van der Waals surface area contributed by atoms with Crippen molar-refractivity contribution in [2.24, 2.45) is 5.73 Å². The van der Waals surface area contributed by atoms with Gasteiger partial charge in [-0.05, 0) is 23.6 Å². The zero-order chi connectivity index (χ0) is 18.2. The number of aryl methyl sites for hydroxylation is 1. The molecule has 0 bridgehead atoms. The summed E-state index contributed by atoms with van der Waals surface area (Å²) in [6.07, 6.45) is 0.0249. The number of carbonyl (C=O) groups is 2. The van der Waals surface area contributed by atoms with E-state index in [0.29, 0.717) is 0 Å². The predicted molar refractivity (Wildman–Crippen MR) is 95.7 cm³/mol. The number of aliphatic hydroxyl groups excluding tert-OH is 1. The summed E-state index contributed by atoms with van der Waals surface area (Å²) in [6.45, 7) is 1.69. The number of primary amides is 1. The molecule has 6 heteroatoms. The number of rotatable bonds is 7. The van der Waals surface area contributed by atoms with Crippen LogP contribution in [0.5, 0.6) is 0 Å². The molecule has 0 saturated carbocycles. The van der Waals surface area contributed by atoms with Gasteiger partial charge in [0.25, 0.3) is 0 Å². The fraction of sp³-hybridized carbons (Fsp3) is 0.263. The average molecular weight is 341 g/mol. The van der Waals surface area contributed by atoms with Gasteiger partial charge in [-0.15, -0.1) is 0 Å². The van der Waals surface area contributed by atoms with Crippen LogP contribution < -0.4 is 16.4 Å². The molecule has 0 aromatic heterocycles. The Morgan fingerprint density at radius 3 is 2.24 bits per heavy atom. The van der Waals surface area contributed by atoms with Gasteiger partial charge in [0, 0.05) is 0 Å². The van der Waals surface area contributed by atoms with Crippen LogP contribution in [0.2, 0.25) is 0 Å². The number of nitrogens with one attached hydrogen (secondary N) is 2. The van der Waals surface area contributed by atoms with Gasteiger partial charge in [-0.3, -0.25) is 4.79 Å². The molecule has 2 aromatic rings. The Bertz CT molecular complexity index is 719. The lowest BCUT2D eigenvalue weighted by Crippen LogP contribution is -2.38. The van der Waals surface area contributed by atoms with Crippen LogP contribution in [0.1, 0.15) is 35.2 Å². The summed E-state index contributed by atoms with van der Waals surface area (Å²) in [5.41, 5.74) is 7.85. The molecule has 2 rings (SSSR count). The van der Waals surface area contributed by atoms with E-state index in [1.165, 1.54) is 0 Å². The van der Waals surface area contributed by atoms with E-state index >= 15 is 0 Å². The maximum absolute atomic E-state index is 12.4. The third-order valence-electron chi connectivity index (χ3n) is 3.99. The Morgan fingerprint density at radius 1 is 1.00 bits per heavy atom. The SMILES string of the molecule is Cc1ccccc1C(CC(=O)NC(CO)c1ccccc1)NC(N)=O. The molecule has 0 fully saturated rings. The topological polar surface area (TPSA) is 104 Å². The number of nitrogens with two attached hydrogens (primary N) is 1. The first-order valence-electron chi connectivity index (χ1n) is 8.08. The summed E-state index contributed by atoms with van der Waals surface area (Å²) in [5, 5.41) is 15.0. The minimum atomic E-state index is -0.692. The molecule has 0 aliphatic rings. The third-order valence-corrected chi connectivity index (χ3v) is 3.99. The highest BCUT2D eigenvalue weighted by Crippen LogP contribution is 2.21. The highest BCUT2D eigenvalue weighted by molar-refractivity contribution is 5.79. The summed E-state index contributed by atoms with van der Waals surface area (Å²) < 4.78 is 0. The van der Waals surface area contributed by atoms with Gasteiger partial charge in [-0.25, -0.2) is 4.79 Å². The number of hydrogen-bond acceptors (Lipinski definition) is 3. The molecule has 0 heterocycles. The Morgan fingerprint density at radius 2 is 1.64 bits per heavy atom. The van der Waals surface area contributed by atoms with Crippen molar-refractivity contribution in [2.75, 3.05) is 6.61 Å². The lowest BCUT2D eigenvalue weighted by Gasteiger charge is -2.22. The third kappa shape index (κ3) is 5.32. The van der Waals surface area contributed by atoms with Crippen LogP contribution in [0, 0.1) is 6.92 Å². The number of amides is 3. The molecule has 0 spiro atoms. The summed E-state index contributed by atoms with van der Waals surface area (Å²) in [5.74, 6) is -0.287. The average Bonchev–Trinajstić information content (AvgIpc) is 2.60. The highest BCUT2D eigenvalue weighted by atomic mass is 16.3. The van der Waals surface area contributed by atoms with E-state index in [-0.39, 0.29) is 18.9 Å². The van der Waals surface area contributed by atoms with E-state index in [1.54, 1.807) is 0 Å². The van der Waals surface area contributed by atoms with Crippen LogP contribution >= 0.6 is 0 Å². The van der Waals surface area contributed by atoms with E-state index in [4.69, 9.17) is 5.73 Å². The standard InChI is InChI=1S/C19H23N3O3/c1-13-7-5-6-10-15(13)16(22-19(20)25)11-18(24)21-17(12-23)14-8-3-2-4-9-14/h2-10,16-17,23H,11-12H2,1H3,(H,21,24)(H3,20,22,25). The van der Waals surface area contributed by atoms with Crippen molar-refractivity contribution in [1.29, 1.82) is 0 Å². The van der Waals surface area contributed by atoms with Gasteiger partial charge in [0.15, 0.2) is 0 Å². The van der Waals surface area contributed by atoms with Crippen molar-refractivity contribution in [2.45, 2.75) is 25.4 Å². The molecule has 5 N–H and O–H groups in total. The molecule has 0 aliphatic carbocycles. The molecule has 2 atom stereocenters. The van der Waals surface area contributed by atoms with Crippen LogP contribution in [0.25, 0.3) is 0 Å². The molecule has 0 aliphatic heterocycles. The molecule has 0 saturated heterocycles. The molecule has 2 unspecified atom stereocenters. The van der Waals surface area contributed by atoms with E-state index in [1.807, 2.05) is 61.5 Å². The van der Waals surface area contributed by atoms with Gasteiger partial charge in [-0.2, -0.15) is 0 Å². The molecular weight excluding hydrogens is 318 g/mol. The van der Waals surface area contributed by atoms with Crippen LogP contribution in [0.4, 0.5) is 4.79 Å². The Balaban J connectivity index is 2.11. The van der Waals surface area contributed by atoms with Crippen molar-refractivity contribution in [3.8, 4) is 0 Å².